The maximum atomic E-state index is 12.4. The summed E-state index contributed by atoms with van der Waals surface area (Å²) < 4.78 is 12.1. The van der Waals surface area contributed by atoms with Gasteiger partial charge in [0.05, 0.1) is 24.8 Å². The number of hydrogen-bond acceptors (Lipinski definition) is 5. The number of fused-ring (bicyclic) bond motifs is 1. The van der Waals surface area contributed by atoms with Crippen molar-refractivity contribution in [2.75, 3.05) is 13.7 Å². The molecule has 0 saturated heterocycles. The van der Waals surface area contributed by atoms with E-state index in [1.54, 1.807) is 25.1 Å². The lowest BCUT2D eigenvalue weighted by Gasteiger charge is -2.13. The van der Waals surface area contributed by atoms with Gasteiger partial charge in [-0.3, -0.25) is 4.79 Å². The van der Waals surface area contributed by atoms with Crippen molar-refractivity contribution < 1.29 is 29.0 Å². The fourth-order valence-corrected chi connectivity index (χ4v) is 4.36. The molecule has 1 aliphatic carbocycles. The molecule has 7 heteroatoms. The second kappa shape index (κ2) is 9.81. The molecule has 0 spiro atoms. The molecule has 166 valence electrons. The Morgan fingerprint density at radius 2 is 1.94 bits per heavy atom. The fraction of sp³-hybridized carbons (Fsp3) is 0.458. The highest BCUT2D eigenvalue weighted by Crippen LogP contribution is 2.42. The van der Waals surface area contributed by atoms with Crippen molar-refractivity contribution in [2.24, 2.45) is 0 Å². The summed E-state index contributed by atoms with van der Waals surface area (Å²) in [5.74, 6) is -1.74. The number of methoxy groups -OCH3 is 1. The summed E-state index contributed by atoms with van der Waals surface area (Å²) in [5, 5.41) is 10.4. The zero-order valence-corrected chi connectivity index (χ0v) is 18.3. The lowest BCUT2D eigenvalue weighted by Crippen LogP contribution is -2.16. The molecule has 0 saturated carbocycles. The molecule has 1 aliphatic rings. The number of carboxylic acid groups (broad SMARTS) is 1. The predicted molar refractivity (Wildman–Crippen MR) is 117 cm³/mol. The van der Waals surface area contributed by atoms with Crippen molar-refractivity contribution >= 4 is 34.4 Å². The monoisotopic (exact) mass is 427 g/mol. The first-order chi connectivity index (χ1) is 14.9. The number of ether oxygens (including phenoxy) is 2. The van der Waals surface area contributed by atoms with Crippen molar-refractivity contribution in [3.63, 3.8) is 0 Å². The van der Waals surface area contributed by atoms with Gasteiger partial charge < -0.3 is 19.1 Å². The van der Waals surface area contributed by atoms with Crippen molar-refractivity contribution in [1.29, 1.82) is 0 Å². The van der Waals surface area contributed by atoms with Crippen molar-refractivity contribution in [3.05, 3.63) is 40.6 Å². The molecule has 2 aromatic rings. The van der Waals surface area contributed by atoms with Gasteiger partial charge >= 0.3 is 17.9 Å². The molecule has 0 radical (unpaired) electrons. The van der Waals surface area contributed by atoms with Gasteiger partial charge in [0.1, 0.15) is 6.54 Å². The Morgan fingerprint density at radius 1 is 1.16 bits per heavy atom. The van der Waals surface area contributed by atoms with Gasteiger partial charge in [-0.1, -0.05) is 19.4 Å². The number of aromatic carboxylic acids is 1. The number of aromatic nitrogens is 1. The van der Waals surface area contributed by atoms with Crippen LogP contribution in [0.5, 0.6) is 0 Å². The Balaban J connectivity index is 2.32. The van der Waals surface area contributed by atoms with Gasteiger partial charge in [0, 0.05) is 22.2 Å². The molecular formula is C24H29NO6. The van der Waals surface area contributed by atoms with E-state index in [0.717, 1.165) is 47.9 Å². The summed E-state index contributed by atoms with van der Waals surface area (Å²) >= 11 is 0. The smallest absolute Gasteiger partial charge is 0.335 e. The lowest BCUT2D eigenvalue weighted by molar-refractivity contribution is -0.143. The first-order valence-corrected chi connectivity index (χ1v) is 10.8. The normalized spacial score (nSPS) is 13.6. The van der Waals surface area contributed by atoms with Gasteiger partial charge in [-0.2, -0.15) is 0 Å². The number of carboxylic acids is 1. The van der Waals surface area contributed by atoms with E-state index >= 15 is 0 Å². The SMILES string of the molecule is CCCCc1c(C2=C(C(=O)OC)CCC2)c2ccc(C(=O)O)cc2n1CC(=O)OCC. The molecule has 0 atom stereocenters. The molecule has 1 heterocycles. The third-order valence-electron chi connectivity index (χ3n) is 5.73. The van der Waals surface area contributed by atoms with Gasteiger partial charge in [-0.05, 0) is 56.7 Å². The average molecular weight is 427 g/mol. The Hall–Kier alpha value is -3.09. The van der Waals surface area contributed by atoms with E-state index < -0.39 is 5.97 Å². The standard InChI is InChI=1S/C24H29NO6/c1-4-6-10-19-22(16-8-7-9-17(16)24(29)30-3)18-12-11-15(23(27)28)13-20(18)25(19)14-21(26)31-5-2/h11-13H,4-10,14H2,1-3H3,(H,27,28). The molecular weight excluding hydrogens is 398 g/mol. The molecule has 31 heavy (non-hydrogen) atoms. The number of hydrogen-bond donors (Lipinski definition) is 1. The van der Waals surface area contributed by atoms with E-state index in [1.807, 2.05) is 4.57 Å². The fourth-order valence-electron chi connectivity index (χ4n) is 4.36. The van der Waals surface area contributed by atoms with Crippen molar-refractivity contribution in [1.82, 2.24) is 4.57 Å². The quantitative estimate of drug-likeness (QED) is 0.598. The largest absolute Gasteiger partial charge is 0.478 e. The lowest BCUT2D eigenvalue weighted by atomic mass is 9.96. The van der Waals surface area contributed by atoms with E-state index in [9.17, 15) is 19.5 Å². The molecule has 3 rings (SSSR count). The van der Waals surface area contributed by atoms with Gasteiger partial charge in [0.2, 0.25) is 0 Å². The summed E-state index contributed by atoms with van der Waals surface area (Å²) in [4.78, 5) is 36.4. The Bertz CT molecular complexity index is 1050. The second-order valence-corrected chi connectivity index (χ2v) is 7.66. The van der Waals surface area contributed by atoms with Crippen LogP contribution in [0.3, 0.4) is 0 Å². The average Bonchev–Trinajstić information content (AvgIpc) is 3.34. The van der Waals surface area contributed by atoms with E-state index in [2.05, 4.69) is 6.92 Å². The molecule has 0 aliphatic heterocycles. The first kappa shape index (κ1) is 22.6. The van der Waals surface area contributed by atoms with Gasteiger partial charge in [-0.15, -0.1) is 0 Å². The number of carbonyl (C=O) groups is 3. The summed E-state index contributed by atoms with van der Waals surface area (Å²) in [5.41, 5.74) is 4.29. The van der Waals surface area contributed by atoms with Crippen LogP contribution in [0.1, 0.15) is 67.6 Å². The molecule has 0 bridgehead atoms. The molecule has 1 aromatic heterocycles. The number of nitrogens with zero attached hydrogens (tertiary/aromatic N) is 1. The van der Waals surface area contributed by atoms with Crippen LogP contribution in [0.2, 0.25) is 0 Å². The Labute approximate surface area is 181 Å². The summed E-state index contributed by atoms with van der Waals surface area (Å²) in [7, 11) is 1.38. The van der Waals surface area contributed by atoms with Crippen LogP contribution in [-0.2, 0) is 32.0 Å². The number of unbranched alkanes of at least 4 members (excludes halogenated alkanes) is 1. The second-order valence-electron chi connectivity index (χ2n) is 7.66. The Kier molecular flexibility index (Phi) is 7.15. The Morgan fingerprint density at radius 3 is 2.58 bits per heavy atom. The zero-order chi connectivity index (χ0) is 22.5. The number of benzene rings is 1. The topological polar surface area (TPSA) is 94.8 Å². The van der Waals surface area contributed by atoms with Crippen LogP contribution in [0.4, 0.5) is 0 Å². The van der Waals surface area contributed by atoms with Gasteiger partial charge in [-0.25, -0.2) is 9.59 Å². The molecule has 0 amide bonds. The third kappa shape index (κ3) is 4.50. The van der Waals surface area contributed by atoms with Crippen LogP contribution in [0.25, 0.3) is 16.5 Å². The van der Waals surface area contributed by atoms with Crippen LogP contribution >= 0.6 is 0 Å². The number of allylic oxidation sites excluding steroid dienone is 1. The molecule has 7 nitrogen and oxygen atoms in total. The molecule has 1 N–H and O–H groups in total. The summed E-state index contributed by atoms with van der Waals surface area (Å²) in [6.07, 6.45) is 4.81. The van der Waals surface area contributed by atoms with Crippen molar-refractivity contribution in [2.45, 2.75) is 58.9 Å². The number of carbonyl (C=O) groups excluding carboxylic acids is 2. The van der Waals surface area contributed by atoms with Crippen LogP contribution in [0.15, 0.2) is 23.8 Å². The van der Waals surface area contributed by atoms with Gasteiger partial charge in [0.15, 0.2) is 0 Å². The summed E-state index contributed by atoms with van der Waals surface area (Å²) in [6, 6.07) is 4.95. The maximum absolute atomic E-state index is 12.4. The zero-order valence-electron chi connectivity index (χ0n) is 18.3. The highest BCUT2D eigenvalue weighted by atomic mass is 16.5. The third-order valence-corrected chi connectivity index (χ3v) is 5.73. The highest BCUT2D eigenvalue weighted by Gasteiger charge is 2.29. The minimum absolute atomic E-state index is 0.00665. The molecule has 1 aromatic carbocycles. The predicted octanol–water partition coefficient (Wildman–Crippen LogP) is 4.36. The molecule has 0 fully saturated rings. The van der Waals surface area contributed by atoms with Crippen LogP contribution < -0.4 is 0 Å². The molecule has 0 unspecified atom stereocenters. The van der Waals surface area contributed by atoms with Crippen LogP contribution in [-0.4, -0.2) is 41.3 Å². The van der Waals surface area contributed by atoms with E-state index in [4.69, 9.17) is 9.47 Å². The first-order valence-electron chi connectivity index (χ1n) is 10.8. The minimum Gasteiger partial charge on any atom is -0.478 e. The van der Waals surface area contributed by atoms with E-state index in [-0.39, 0.29) is 30.7 Å². The van der Waals surface area contributed by atoms with E-state index in [1.165, 1.54) is 7.11 Å². The van der Waals surface area contributed by atoms with E-state index in [0.29, 0.717) is 23.9 Å². The maximum Gasteiger partial charge on any atom is 0.335 e. The number of esters is 2. The summed E-state index contributed by atoms with van der Waals surface area (Å²) in [6.45, 7) is 4.11. The van der Waals surface area contributed by atoms with Crippen LogP contribution in [0, 0.1) is 0 Å². The highest BCUT2D eigenvalue weighted by molar-refractivity contribution is 6.06. The minimum atomic E-state index is -1.03. The number of rotatable bonds is 9. The van der Waals surface area contributed by atoms with Gasteiger partial charge in [0.25, 0.3) is 0 Å². The van der Waals surface area contributed by atoms with Crippen molar-refractivity contribution in [3.8, 4) is 0 Å².